The van der Waals surface area contributed by atoms with E-state index in [9.17, 15) is 4.79 Å². The Morgan fingerprint density at radius 1 is 1.17 bits per heavy atom. The first-order chi connectivity index (χ1) is 10.7. The zero-order valence-electron chi connectivity index (χ0n) is 15.5. The molecular formula is C17H37Cl2N3O2. The highest BCUT2D eigenvalue weighted by Gasteiger charge is 2.33. The van der Waals surface area contributed by atoms with Crippen molar-refractivity contribution >= 4 is 30.7 Å². The Balaban J connectivity index is 0. The molecule has 0 aromatic carbocycles. The average molecular weight is 386 g/mol. The number of morpholine rings is 1. The molecule has 1 heterocycles. The minimum Gasteiger partial charge on any atom is -0.379 e. The van der Waals surface area contributed by atoms with E-state index in [1.807, 2.05) is 0 Å². The molecule has 2 unspecified atom stereocenters. The SMILES string of the molecule is CCCCC(CN)NC(=O)C(C(CC)CC)N1CCOCC1.Cl.Cl. The molecule has 0 radical (unpaired) electrons. The number of nitrogens with one attached hydrogen (secondary N) is 1. The largest absolute Gasteiger partial charge is 0.379 e. The Morgan fingerprint density at radius 2 is 1.75 bits per heavy atom. The fourth-order valence-electron chi connectivity index (χ4n) is 3.25. The quantitative estimate of drug-likeness (QED) is 0.606. The summed E-state index contributed by atoms with van der Waals surface area (Å²) < 4.78 is 5.44. The molecule has 1 aliphatic heterocycles. The number of amides is 1. The molecule has 0 aromatic heterocycles. The van der Waals surface area contributed by atoms with Gasteiger partial charge in [0.15, 0.2) is 0 Å². The Morgan fingerprint density at radius 3 is 2.21 bits per heavy atom. The van der Waals surface area contributed by atoms with Crippen molar-refractivity contribution < 1.29 is 9.53 Å². The molecule has 7 heteroatoms. The second-order valence-electron chi connectivity index (χ2n) is 6.25. The van der Waals surface area contributed by atoms with Crippen LogP contribution < -0.4 is 11.1 Å². The molecule has 146 valence electrons. The van der Waals surface area contributed by atoms with E-state index in [4.69, 9.17) is 10.5 Å². The van der Waals surface area contributed by atoms with Crippen molar-refractivity contribution in [3.63, 3.8) is 0 Å². The van der Waals surface area contributed by atoms with Crippen LogP contribution in [0.25, 0.3) is 0 Å². The van der Waals surface area contributed by atoms with Gasteiger partial charge >= 0.3 is 0 Å². The van der Waals surface area contributed by atoms with Crippen LogP contribution in [0.4, 0.5) is 0 Å². The van der Waals surface area contributed by atoms with Crippen LogP contribution in [0.15, 0.2) is 0 Å². The summed E-state index contributed by atoms with van der Waals surface area (Å²) in [5, 5.41) is 3.20. The summed E-state index contributed by atoms with van der Waals surface area (Å²) in [5.74, 6) is 0.546. The Kier molecular flexibility index (Phi) is 16.6. The number of hydrogen-bond acceptors (Lipinski definition) is 4. The predicted molar refractivity (Wildman–Crippen MR) is 105 cm³/mol. The highest BCUT2D eigenvalue weighted by molar-refractivity contribution is 5.85. The third-order valence-electron chi connectivity index (χ3n) is 4.74. The van der Waals surface area contributed by atoms with Gasteiger partial charge < -0.3 is 15.8 Å². The van der Waals surface area contributed by atoms with Crippen molar-refractivity contribution in [2.24, 2.45) is 11.7 Å². The van der Waals surface area contributed by atoms with Crippen molar-refractivity contribution in [1.82, 2.24) is 10.2 Å². The summed E-state index contributed by atoms with van der Waals surface area (Å²) in [6, 6.07) is 0.0555. The molecule has 3 N–H and O–H groups in total. The molecule has 1 saturated heterocycles. The van der Waals surface area contributed by atoms with Gasteiger partial charge in [-0.25, -0.2) is 0 Å². The summed E-state index contributed by atoms with van der Waals surface area (Å²) >= 11 is 0. The van der Waals surface area contributed by atoms with Gasteiger partial charge in [0.05, 0.1) is 19.3 Å². The minimum atomic E-state index is -0.0467. The Labute approximate surface area is 160 Å². The van der Waals surface area contributed by atoms with E-state index in [1.165, 1.54) is 0 Å². The highest BCUT2D eigenvalue weighted by atomic mass is 35.5. The average Bonchev–Trinajstić information content (AvgIpc) is 2.56. The molecule has 5 nitrogen and oxygen atoms in total. The topological polar surface area (TPSA) is 67.6 Å². The molecule has 1 amide bonds. The minimum absolute atomic E-state index is 0. The van der Waals surface area contributed by atoms with Crippen LogP contribution >= 0.6 is 24.8 Å². The smallest absolute Gasteiger partial charge is 0.237 e. The molecule has 1 fully saturated rings. The van der Waals surface area contributed by atoms with Gasteiger partial charge in [0.25, 0.3) is 0 Å². The second-order valence-corrected chi connectivity index (χ2v) is 6.25. The first kappa shape index (κ1) is 26.2. The van der Waals surface area contributed by atoms with Crippen LogP contribution in [0.2, 0.25) is 0 Å². The molecule has 1 aliphatic rings. The summed E-state index contributed by atoms with van der Waals surface area (Å²) in [6.45, 7) is 10.2. The first-order valence-corrected chi connectivity index (χ1v) is 9.00. The van der Waals surface area contributed by atoms with Crippen LogP contribution in [-0.4, -0.2) is 55.7 Å². The first-order valence-electron chi connectivity index (χ1n) is 9.00. The number of nitrogens with two attached hydrogens (primary N) is 1. The predicted octanol–water partition coefficient (Wildman–Crippen LogP) is 2.60. The van der Waals surface area contributed by atoms with Crippen LogP contribution in [-0.2, 0) is 9.53 Å². The van der Waals surface area contributed by atoms with Crippen molar-refractivity contribution in [1.29, 1.82) is 0 Å². The van der Waals surface area contributed by atoms with Gasteiger partial charge in [-0.15, -0.1) is 24.8 Å². The second kappa shape index (κ2) is 15.2. The maximum atomic E-state index is 12.9. The van der Waals surface area contributed by atoms with Crippen LogP contribution in [0.1, 0.15) is 52.9 Å². The van der Waals surface area contributed by atoms with Gasteiger partial charge in [-0.1, -0.05) is 46.5 Å². The lowest BCUT2D eigenvalue weighted by Gasteiger charge is -2.38. The van der Waals surface area contributed by atoms with Gasteiger partial charge in [-0.05, 0) is 12.3 Å². The molecule has 24 heavy (non-hydrogen) atoms. The lowest BCUT2D eigenvalue weighted by molar-refractivity contribution is -0.131. The van der Waals surface area contributed by atoms with Crippen molar-refractivity contribution in [2.45, 2.75) is 65.0 Å². The highest BCUT2D eigenvalue weighted by Crippen LogP contribution is 2.20. The fourth-order valence-corrected chi connectivity index (χ4v) is 3.25. The molecule has 0 saturated carbocycles. The summed E-state index contributed by atoms with van der Waals surface area (Å²) in [4.78, 5) is 15.2. The van der Waals surface area contributed by atoms with Gasteiger partial charge in [0.2, 0.25) is 5.91 Å². The van der Waals surface area contributed by atoms with Crippen LogP contribution in [0.3, 0.4) is 0 Å². The number of ether oxygens (including phenoxy) is 1. The lowest BCUT2D eigenvalue weighted by Crippen LogP contribution is -2.56. The zero-order valence-corrected chi connectivity index (χ0v) is 17.1. The van der Waals surface area contributed by atoms with Crippen molar-refractivity contribution in [3.8, 4) is 0 Å². The van der Waals surface area contributed by atoms with E-state index in [-0.39, 0.29) is 42.8 Å². The number of hydrogen-bond donors (Lipinski definition) is 2. The molecule has 2 atom stereocenters. The van der Waals surface area contributed by atoms with E-state index >= 15 is 0 Å². The van der Waals surface area contributed by atoms with Crippen LogP contribution in [0.5, 0.6) is 0 Å². The number of unbranched alkanes of at least 4 members (excludes halogenated alkanes) is 1. The van der Waals surface area contributed by atoms with Gasteiger partial charge in [-0.3, -0.25) is 9.69 Å². The zero-order chi connectivity index (χ0) is 16.4. The number of rotatable bonds is 10. The number of nitrogens with zero attached hydrogens (tertiary/aromatic N) is 1. The van der Waals surface area contributed by atoms with E-state index in [0.717, 1.165) is 58.4 Å². The molecule has 0 aliphatic carbocycles. The van der Waals surface area contributed by atoms with Crippen LogP contribution in [0, 0.1) is 5.92 Å². The van der Waals surface area contributed by atoms with E-state index in [0.29, 0.717) is 12.5 Å². The molecule has 0 bridgehead atoms. The van der Waals surface area contributed by atoms with Gasteiger partial charge in [-0.2, -0.15) is 0 Å². The fraction of sp³-hybridized carbons (Fsp3) is 0.941. The lowest BCUT2D eigenvalue weighted by atomic mass is 9.91. The monoisotopic (exact) mass is 385 g/mol. The van der Waals surface area contributed by atoms with E-state index in [2.05, 4.69) is 31.0 Å². The summed E-state index contributed by atoms with van der Waals surface area (Å²) in [6.07, 6.45) is 5.25. The van der Waals surface area contributed by atoms with Crippen molar-refractivity contribution in [2.75, 3.05) is 32.8 Å². The molecule has 1 rings (SSSR count). The molecule has 0 aromatic rings. The molecule has 0 spiro atoms. The summed E-state index contributed by atoms with van der Waals surface area (Å²) in [7, 11) is 0. The summed E-state index contributed by atoms with van der Waals surface area (Å²) in [5.41, 5.74) is 5.83. The number of carbonyl (C=O) groups is 1. The molecular weight excluding hydrogens is 349 g/mol. The van der Waals surface area contributed by atoms with Gasteiger partial charge in [0, 0.05) is 25.7 Å². The third-order valence-corrected chi connectivity index (χ3v) is 4.74. The van der Waals surface area contributed by atoms with Gasteiger partial charge in [0.1, 0.15) is 0 Å². The van der Waals surface area contributed by atoms with E-state index in [1.54, 1.807) is 0 Å². The standard InChI is InChI=1S/C17H35N3O2.2ClH/c1-4-7-8-15(13-18)19-17(21)16(14(5-2)6-3)20-9-11-22-12-10-20;;/h14-16H,4-13,18H2,1-3H3,(H,19,21);2*1H. The normalized spacial score (nSPS) is 17.5. The maximum Gasteiger partial charge on any atom is 0.237 e. The van der Waals surface area contributed by atoms with Crippen molar-refractivity contribution in [3.05, 3.63) is 0 Å². The van der Waals surface area contributed by atoms with E-state index < -0.39 is 0 Å². The maximum absolute atomic E-state index is 12.9. The number of halogens is 2. The number of carbonyl (C=O) groups excluding carboxylic acids is 1. The Hall–Kier alpha value is -0.0700. The third kappa shape index (κ3) is 8.34. The Bertz CT molecular complexity index is 312.